The second-order valence-electron chi connectivity index (χ2n) is 10.6. The Morgan fingerprint density at radius 3 is 2.68 bits per heavy atom. The molecule has 1 unspecified atom stereocenters. The van der Waals surface area contributed by atoms with Crippen molar-refractivity contribution in [2.75, 3.05) is 6.61 Å². The molecule has 1 aliphatic heterocycles. The number of carboxylic acids is 1. The highest BCUT2D eigenvalue weighted by atomic mass is 32.1. The molecule has 1 atom stereocenters. The van der Waals surface area contributed by atoms with E-state index in [1.807, 2.05) is 39.8 Å². The van der Waals surface area contributed by atoms with Crippen molar-refractivity contribution in [2.24, 2.45) is 0 Å². The molecule has 5 nitrogen and oxygen atoms in total. The van der Waals surface area contributed by atoms with Gasteiger partial charge < -0.3 is 14.6 Å². The maximum atomic E-state index is 12.5. The van der Waals surface area contributed by atoms with Crippen molar-refractivity contribution in [3.05, 3.63) is 46.0 Å². The van der Waals surface area contributed by atoms with Crippen molar-refractivity contribution in [1.29, 1.82) is 0 Å². The van der Waals surface area contributed by atoms with Crippen LogP contribution in [-0.4, -0.2) is 28.3 Å². The third-order valence-corrected chi connectivity index (χ3v) is 8.06. The zero-order valence-electron chi connectivity index (χ0n) is 20.4. The number of ether oxygens (including phenoxy) is 2. The molecule has 34 heavy (non-hydrogen) atoms. The molecule has 180 valence electrons. The number of aliphatic carboxylic acids is 1. The van der Waals surface area contributed by atoms with E-state index in [-0.39, 0.29) is 0 Å². The molecule has 0 spiro atoms. The van der Waals surface area contributed by atoms with E-state index in [0.717, 1.165) is 57.7 Å². The minimum Gasteiger partial charge on any atom is -0.493 e. The Bertz CT molecular complexity index is 1230. The molecule has 6 heteroatoms. The number of nitrogens with zero attached hydrogens (tertiary/aromatic N) is 1. The van der Waals surface area contributed by atoms with Gasteiger partial charge in [0.25, 0.3) is 0 Å². The summed E-state index contributed by atoms with van der Waals surface area (Å²) in [5, 5.41) is 11.4. The van der Waals surface area contributed by atoms with Gasteiger partial charge in [-0.05, 0) is 88.3 Å². The average molecular weight is 480 g/mol. The molecule has 2 aliphatic rings. The zero-order valence-corrected chi connectivity index (χ0v) is 21.3. The smallest absolute Gasteiger partial charge is 0.337 e. The van der Waals surface area contributed by atoms with Crippen LogP contribution in [0.4, 0.5) is 0 Å². The van der Waals surface area contributed by atoms with Crippen LogP contribution < -0.4 is 4.74 Å². The number of aryl methyl sites for hydroxylation is 2. The van der Waals surface area contributed by atoms with Crippen molar-refractivity contribution in [3.63, 3.8) is 0 Å². The van der Waals surface area contributed by atoms with Gasteiger partial charge in [0.2, 0.25) is 0 Å². The lowest BCUT2D eigenvalue weighted by Gasteiger charge is -2.28. The fourth-order valence-corrected chi connectivity index (χ4v) is 6.60. The van der Waals surface area contributed by atoms with Crippen LogP contribution in [0.2, 0.25) is 0 Å². The van der Waals surface area contributed by atoms with Gasteiger partial charge in [-0.1, -0.05) is 18.9 Å². The van der Waals surface area contributed by atoms with E-state index in [9.17, 15) is 9.90 Å². The van der Waals surface area contributed by atoms with Gasteiger partial charge in [0.1, 0.15) is 5.75 Å². The second kappa shape index (κ2) is 8.97. The molecular weight excluding hydrogens is 446 g/mol. The van der Waals surface area contributed by atoms with Gasteiger partial charge in [0.05, 0.1) is 27.4 Å². The fourth-order valence-electron chi connectivity index (χ4n) is 5.30. The summed E-state index contributed by atoms with van der Waals surface area (Å²) in [7, 11) is 0. The van der Waals surface area contributed by atoms with Crippen molar-refractivity contribution < 1.29 is 19.4 Å². The summed E-state index contributed by atoms with van der Waals surface area (Å²) < 4.78 is 13.1. The first kappa shape index (κ1) is 23.3. The van der Waals surface area contributed by atoms with Crippen LogP contribution >= 0.6 is 11.3 Å². The van der Waals surface area contributed by atoms with E-state index < -0.39 is 17.7 Å². The summed E-state index contributed by atoms with van der Waals surface area (Å²) in [4.78, 5) is 17.6. The first-order valence-corrected chi connectivity index (χ1v) is 13.1. The molecule has 5 rings (SSSR count). The number of hydrogen-bond donors (Lipinski definition) is 1. The second-order valence-corrected chi connectivity index (χ2v) is 11.6. The third kappa shape index (κ3) is 4.46. The number of rotatable bonds is 5. The lowest BCUT2D eigenvalue weighted by atomic mass is 9.89. The Labute approximate surface area is 205 Å². The van der Waals surface area contributed by atoms with Crippen LogP contribution in [0.1, 0.15) is 86.6 Å². The molecular formula is C28H33NO4S. The van der Waals surface area contributed by atoms with E-state index >= 15 is 0 Å². The molecule has 1 saturated carbocycles. The van der Waals surface area contributed by atoms with E-state index in [1.54, 1.807) is 11.3 Å². The largest absolute Gasteiger partial charge is 0.493 e. The van der Waals surface area contributed by atoms with Crippen molar-refractivity contribution >= 4 is 27.5 Å². The maximum Gasteiger partial charge on any atom is 0.337 e. The molecule has 0 radical (unpaired) electrons. The maximum absolute atomic E-state index is 12.5. The van der Waals surface area contributed by atoms with Crippen LogP contribution in [0.5, 0.6) is 5.75 Å². The Morgan fingerprint density at radius 2 is 1.97 bits per heavy atom. The van der Waals surface area contributed by atoms with Gasteiger partial charge >= 0.3 is 5.97 Å². The van der Waals surface area contributed by atoms with Gasteiger partial charge in [-0.15, -0.1) is 11.3 Å². The lowest BCUT2D eigenvalue weighted by molar-refractivity contribution is -0.160. The van der Waals surface area contributed by atoms with Gasteiger partial charge in [0, 0.05) is 17.0 Å². The van der Waals surface area contributed by atoms with E-state index in [0.29, 0.717) is 5.92 Å². The first-order chi connectivity index (χ1) is 16.2. The molecule has 1 aromatic heterocycles. The highest BCUT2D eigenvalue weighted by Crippen LogP contribution is 2.46. The highest BCUT2D eigenvalue weighted by Gasteiger charge is 2.33. The van der Waals surface area contributed by atoms with E-state index in [4.69, 9.17) is 14.5 Å². The number of aromatic nitrogens is 1. The minimum absolute atomic E-state index is 0.507. The fraction of sp³-hybridized carbons (Fsp3) is 0.500. The third-order valence-electron chi connectivity index (χ3n) is 6.80. The summed E-state index contributed by atoms with van der Waals surface area (Å²) in [5.74, 6) is 0.463. The van der Waals surface area contributed by atoms with Crippen LogP contribution in [0.15, 0.2) is 24.3 Å². The quantitative estimate of drug-likeness (QED) is 0.419. The van der Waals surface area contributed by atoms with Crippen LogP contribution in [0.3, 0.4) is 0 Å². The molecule has 0 saturated heterocycles. The number of fused-ring (bicyclic) bond motifs is 2. The van der Waals surface area contributed by atoms with Gasteiger partial charge in [-0.25, -0.2) is 9.78 Å². The Hall–Kier alpha value is -2.44. The summed E-state index contributed by atoms with van der Waals surface area (Å²) in [6.07, 6.45) is 5.76. The van der Waals surface area contributed by atoms with Crippen molar-refractivity contribution in [3.8, 4) is 16.9 Å². The summed E-state index contributed by atoms with van der Waals surface area (Å²) in [6.45, 7) is 8.43. The van der Waals surface area contributed by atoms with Gasteiger partial charge in [-0.2, -0.15) is 0 Å². The molecule has 2 heterocycles. The number of benzene rings is 2. The number of carbonyl (C=O) groups is 1. The Kier molecular flexibility index (Phi) is 6.15. The zero-order chi connectivity index (χ0) is 24.0. The topological polar surface area (TPSA) is 68.7 Å². The van der Waals surface area contributed by atoms with Crippen LogP contribution in [0, 0.1) is 6.92 Å². The van der Waals surface area contributed by atoms with E-state index in [2.05, 4.69) is 12.1 Å². The van der Waals surface area contributed by atoms with Gasteiger partial charge in [-0.3, -0.25) is 0 Å². The Balaban J connectivity index is 1.76. The predicted octanol–water partition coefficient (Wildman–Crippen LogP) is 7.20. The molecule has 3 aromatic rings. The molecule has 2 aromatic carbocycles. The van der Waals surface area contributed by atoms with Crippen molar-refractivity contribution in [1.82, 2.24) is 4.98 Å². The Morgan fingerprint density at radius 1 is 1.21 bits per heavy atom. The molecule has 0 bridgehead atoms. The number of hydrogen-bond acceptors (Lipinski definition) is 5. The summed E-state index contributed by atoms with van der Waals surface area (Å²) in [5.41, 5.74) is 5.11. The minimum atomic E-state index is -1.07. The van der Waals surface area contributed by atoms with Crippen LogP contribution in [-0.2, 0) is 16.0 Å². The van der Waals surface area contributed by atoms with Crippen molar-refractivity contribution in [2.45, 2.75) is 83.8 Å². The number of thiazole rings is 1. The van der Waals surface area contributed by atoms with Crippen LogP contribution in [0.25, 0.3) is 21.3 Å². The average Bonchev–Trinajstić information content (AvgIpc) is 3.45. The monoisotopic (exact) mass is 479 g/mol. The predicted molar refractivity (Wildman–Crippen MR) is 136 cm³/mol. The van der Waals surface area contributed by atoms with Gasteiger partial charge in [0.15, 0.2) is 6.10 Å². The molecule has 1 aliphatic carbocycles. The lowest BCUT2D eigenvalue weighted by Crippen LogP contribution is -2.28. The number of carboxylic acid groups (broad SMARTS) is 1. The molecule has 1 fully saturated rings. The summed E-state index contributed by atoms with van der Waals surface area (Å²) in [6, 6.07) is 8.32. The summed E-state index contributed by atoms with van der Waals surface area (Å²) >= 11 is 1.73. The first-order valence-electron chi connectivity index (χ1n) is 12.3. The highest BCUT2D eigenvalue weighted by molar-refractivity contribution is 7.19. The van der Waals surface area contributed by atoms with E-state index in [1.165, 1.54) is 36.3 Å². The molecule has 1 N–H and O–H groups in total. The standard InChI is InChI=1S/C28H33NO4S/c1-16-14-20-25(34-26(29-20)17-8-5-6-9-17)23(22(16)24(27(30)31)33-28(2,3)4)19-11-12-21-18(15-19)10-7-13-32-21/h11-12,14-15,17,24H,5-10,13H2,1-4H3,(H,30,31). The molecule has 0 amide bonds. The SMILES string of the molecule is Cc1cc2nc(C3CCCC3)sc2c(-c2ccc3c(c2)CCCO3)c1C(OC(C)(C)C)C(=O)O. The normalized spacial score (nSPS) is 17.5.